The molecule has 0 saturated carbocycles. The molecule has 4 aromatic carbocycles. The zero-order valence-corrected chi connectivity index (χ0v) is 30.4. The average Bonchev–Trinajstić information content (AvgIpc) is 3.13. The Labute approximate surface area is 292 Å². The van der Waals surface area contributed by atoms with Gasteiger partial charge in [0.05, 0.1) is 14.2 Å². The van der Waals surface area contributed by atoms with Crippen LogP contribution in [-0.2, 0) is 12.8 Å². The van der Waals surface area contributed by atoms with E-state index in [1.807, 2.05) is 36.4 Å². The largest absolute Gasteiger partial charge is 0.497 e. The summed E-state index contributed by atoms with van der Waals surface area (Å²) in [6.07, 6.45) is 21.2. The fraction of sp³-hybridized carbons (Fsp3) is 0.455. The number of aryl methyl sites for hydroxylation is 2. The predicted octanol–water partition coefficient (Wildman–Crippen LogP) is 13.5. The molecule has 0 amide bonds. The maximum atomic E-state index is 5.59. The van der Waals surface area contributed by atoms with Crippen molar-refractivity contribution in [2.75, 3.05) is 24.9 Å². The zero-order valence-electron chi connectivity index (χ0n) is 30.4. The lowest BCUT2D eigenvalue weighted by atomic mass is 10.0. The van der Waals surface area contributed by atoms with Crippen molar-refractivity contribution in [1.29, 1.82) is 0 Å². The quantitative estimate of drug-likeness (QED) is 0.0831. The normalized spacial score (nSPS) is 10.6. The number of anilines is 4. The summed E-state index contributed by atoms with van der Waals surface area (Å²) in [4.78, 5) is 0. The van der Waals surface area contributed by atoms with Crippen molar-refractivity contribution in [3.63, 3.8) is 0 Å². The Hall–Kier alpha value is -3.92. The van der Waals surface area contributed by atoms with Crippen LogP contribution in [0.1, 0.15) is 115 Å². The molecule has 0 atom stereocenters. The first-order valence-electron chi connectivity index (χ1n) is 18.6. The van der Waals surface area contributed by atoms with Crippen LogP contribution in [0, 0.1) is 0 Å². The van der Waals surface area contributed by atoms with Crippen molar-refractivity contribution >= 4 is 22.7 Å². The summed E-state index contributed by atoms with van der Waals surface area (Å²) in [6.45, 7) is 4.54. The van der Waals surface area contributed by atoms with Gasteiger partial charge in [0, 0.05) is 34.9 Å². The van der Waals surface area contributed by atoms with E-state index in [-0.39, 0.29) is 0 Å². The van der Waals surface area contributed by atoms with Crippen LogP contribution in [0.2, 0.25) is 0 Å². The summed E-state index contributed by atoms with van der Waals surface area (Å²) in [6, 6.07) is 33.5. The summed E-state index contributed by atoms with van der Waals surface area (Å²) in [7, 11) is 3.45. The molecule has 0 unspecified atom stereocenters. The smallest absolute Gasteiger partial charge is 0.124 e. The van der Waals surface area contributed by atoms with Gasteiger partial charge in [-0.05, 0) is 79.3 Å². The second kappa shape index (κ2) is 24.3. The van der Waals surface area contributed by atoms with Gasteiger partial charge in [0.2, 0.25) is 0 Å². The Morgan fingerprint density at radius 1 is 0.438 bits per heavy atom. The lowest BCUT2D eigenvalue weighted by Gasteiger charge is -2.12. The lowest BCUT2D eigenvalue weighted by molar-refractivity contribution is 0.409. The van der Waals surface area contributed by atoms with E-state index >= 15 is 0 Å². The highest BCUT2D eigenvalue weighted by Crippen LogP contribution is 2.27. The number of ether oxygens (including phenoxy) is 2. The number of nitrogens with one attached hydrogen (secondary N) is 2. The molecular weight excluding hydrogens is 588 g/mol. The SMILES string of the molecule is CCCCCCCCCc1ccc(Nc2cccc(OC)c2)cc1.CCCCCCCCCc1ccc(Nc2ccccc2)cc1OC. The zero-order chi connectivity index (χ0) is 34.1. The minimum atomic E-state index is 0.871. The fourth-order valence-corrected chi connectivity index (χ4v) is 5.90. The molecule has 0 aliphatic rings. The highest BCUT2D eigenvalue weighted by atomic mass is 16.5. The highest BCUT2D eigenvalue weighted by molar-refractivity contribution is 5.63. The molecule has 0 bridgehead atoms. The lowest BCUT2D eigenvalue weighted by Crippen LogP contribution is -1.96. The molecule has 0 aromatic heterocycles. The highest BCUT2D eigenvalue weighted by Gasteiger charge is 2.05. The number of methoxy groups -OCH3 is 2. The van der Waals surface area contributed by atoms with Gasteiger partial charge >= 0.3 is 0 Å². The van der Waals surface area contributed by atoms with Crippen LogP contribution in [0.5, 0.6) is 11.5 Å². The maximum absolute atomic E-state index is 5.59. The number of unbranched alkanes of at least 4 members (excludes halogenated alkanes) is 12. The van der Waals surface area contributed by atoms with Gasteiger partial charge in [-0.2, -0.15) is 0 Å². The molecule has 0 saturated heterocycles. The maximum Gasteiger partial charge on any atom is 0.124 e. The molecular formula is C44H62N2O2. The summed E-state index contributed by atoms with van der Waals surface area (Å²) in [5.41, 5.74) is 7.07. The van der Waals surface area contributed by atoms with Crippen molar-refractivity contribution in [3.8, 4) is 11.5 Å². The molecule has 260 valence electrons. The monoisotopic (exact) mass is 650 g/mol. The molecule has 4 aromatic rings. The number of rotatable bonds is 22. The second-order valence-corrected chi connectivity index (χ2v) is 12.8. The van der Waals surface area contributed by atoms with Gasteiger partial charge in [-0.1, -0.05) is 133 Å². The van der Waals surface area contributed by atoms with E-state index in [9.17, 15) is 0 Å². The molecule has 0 radical (unpaired) electrons. The van der Waals surface area contributed by atoms with Crippen LogP contribution in [0.4, 0.5) is 22.7 Å². The molecule has 0 fully saturated rings. The van der Waals surface area contributed by atoms with Gasteiger partial charge in [-0.3, -0.25) is 0 Å². The Morgan fingerprint density at radius 3 is 1.56 bits per heavy atom. The molecule has 4 nitrogen and oxygen atoms in total. The standard InChI is InChI=1S/2C22H31NO/c1-3-4-5-6-7-8-10-13-19-16-17-21(18-22(19)24-2)23-20-14-11-9-12-15-20;1-3-4-5-6-7-8-9-11-19-14-16-20(17-15-19)23-21-12-10-13-22(18-21)24-2/h9,11-12,14-18,23H,3-8,10,13H2,1-2H3;10,12-18,23H,3-9,11H2,1-2H3. The van der Waals surface area contributed by atoms with E-state index < -0.39 is 0 Å². The number of para-hydroxylation sites is 1. The van der Waals surface area contributed by atoms with Crippen LogP contribution in [-0.4, -0.2) is 14.2 Å². The van der Waals surface area contributed by atoms with E-state index in [2.05, 4.69) is 85.1 Å². The second-order valence-electron chi connectivity index (χ2n) is 12.8. The predicted molar refractivity (Wildman–Crippen MR) is 209 cm³/mol. The summed E-state index contributed by atoms with van der Waals surface area (Å²) in [5.74, 6) is 1.86. The van der Waals surface area contributed by atoms with Crippen molar-refractivity contribution < 1.29 is 9.47 Å². The Bertz CT molecular complexity index is 1370. The third-order valence-electron chi connectivity index (χ3n) is 8.78. The topological polar surface area (TPSA) is 42.5 Å². The minimum absolute atomic E-state index is 0.871. The van der Waals surface area contributed by atoms with Gasteiger partial charge in [-0.15, -0.1) is 0 Å². The van der Waals surface area contributed by atoms with Crippen molar-refractivity contribution in [1.82, 2.24) is 0 Å². The van der Waals surface area contributed by atoms with Crippen molar-refractivity contribution in [2.45, 2.75) is 117 Å². The van der Waals surface area contributed by atoms with Crippen molar-refractivity contribution in [2.24, 2.45) is 0 Å². The molecule has 0 aliphatic heterocycles. The molecule has 0 aliphatic carbocycles. The van der Waals surface area contributed by atoms with Crippen LogP contribution in [0.25, 0.3) is 0 Å². The third kappa shape index (κ3) is 15.8. The van der Waals surface area contributed by atoms with Gasteiger partial charge in [0.15, 0.2) is 0 Å². The molecule has 0 heterocycles. The van der Waals surface area contributed by atoms with Crippen LogP contribution in [0.15, 0.2) is 97.1 Å². The Kier molecular flexibility index (Phi) is 19.5. The van der Waals surface area contributed by atoms with Crippen LogP contribution < -0.4 is 20.1 Å². The van der Waals surface area contributed by atoms with Gasteiger partial charge in [0.1, 0.15) is 11.5 Å². The van der Waals surface area contributed by atoms with Crippen molar-refractivity contribution in [3.05, 3.63) is 108 Å². The molecule has 2 N–H and O–H groups in total. The van der Waals surface area contributed by atoms with E-state index in [1.165, 1.54) is 107 Å². The number of hydrogen-bond donors (Lipinski definition) is 2. The Morgan fingerprint density at radius 2 is 0.958 bits per heavy atom. The molecule has 4 heteroatoms. The van der Waals surface area contributed by atoms with E-state index in [0.717, 1.165) is 40.7 Å². The van der Waals surface area contributed by atoms with Gasteiger partial charge < -0.3 is 20.1 Å². The van der Waals surface area contributed by atoms with E-state index in [4.69, 9.17) is 9.47 Å². The van der Waals surface area contributed by atoms with Gasteiger partial charge in [0.25, 0.3) is 0 Å². The molecule has 48 heavy (non-hydrogen) atoms. The minimum Gasteiger partial charge on any atom is -0.497 e. The third-order valence-corrected chi connectivity index (χ3v) is 8.78. The number of benzene rings is 4. The fourth-order valence-electron chi connectivity index (χ4n) is 5.90. The Balaban J connectivity index is 0.000000260. The van der Waals surface area contributed by atoms with Crippen LogP contribution in [0.3, 0.4) is 0 Å². The van der Waals surface area contributed by atoms with E-state index in [1.54, 1.807) is 14.2 Å². The summed E-state index contributed by atoms with van der Waals surface area (Å²) in [5, 5.41) is 6.84. The first kappa shape index (κ1) is 38.5. The average molecular weight is 651 g/mol. The first-order valence-corrected chi connectivity index (χ1v) is 18.6. The molecule has 4 rings (SSSR count). The van der Waals surface area contributed by atoms with E-state index in [0.29, 0.717) is 0 Å². The number of hydrogen-bond acceptors (Lipinski definition) is 4. The summed E-state index contributed by atoms with van der Waals surface area (Å²) >= 11 is 0. The summed E-state index contributed by atoms with van der Waals surface area (Å²) < 4.78 is 10.9. The first-order chi connectivity index (χ1) is 23.6. The van der Waals surface area contributed by atoms with Gasteiger partial charge in [-0.25, -0.2) is 0 Å². The van der Waals surface area contributed by atoms with Crippen LogP contribution >= 0.6 is 0 Å². The molecule has 0 spiro atoms.